The first kappa shape index (κ1) is 12.3. The van der Waals surface area contributed by atoms with Gasteiger partial charge in [0.2, 0.25) is 0 Å². The fraction of sp³-hybridized carbons (Fsp3) is 0.583. The molecule has 7 heteroatoms. The second-order valence-corrected chi connectivity index (χ2v) is 4.81. The van der Waals surface area contributed by atoms with E-state index < -0.39 is 0 Å². The second-order valence-electron chi connectivity index (χ2n) is 4.81. The van der Waals surface area contributed by atoms with Gasteiger partial charge in [-0.25, -0.2) is 15.0 Å². The van der Waals surface area contributed by atoms with Crippen LogP contribution in [-0.4, -0.2) is 71.2 Å². The van der Waals surface area contributed by atoms with Crippen molar-refractivity contribution in [2.75, 3.05) is 51.2 Å². The van der Waals surface area contributed by atoms with E-state index in [1.54, 1.807) is 12.7 Å². The Morgan fingerprint density at radius 2 is 2.11 bits per heavy atom. The van der Waals surface area contributed by atoms with E-state index in [4.69, 9.17) is 0 Å². The number of piperazine rings is 1. The van der Waals surface area contributed by atoms with Crippen molar-refractivity contribution >= 4 is 17.0 Å². The molecular formula is C12H19N7. The zero-order valence-electron chi connectivity index (χ0n) is 11.1. The SMILES string of the molecule is CN(CCN1CCNCC1)c1ncnc2nc[nH]c12. The first-order valence-electron chi connectivity index (χ1n) is 6.63. The van der Waals surface area contributed by atoms with Gasteiger partial charge in [-0.15, -0.1) is 0 Å². The predicted octanol–water partition coefficient (Wildman–Crippen LogP) is -0.306. The Labute approximate surface area is 112 Å². The molecule has 1 aliphatic heterocycles. The van der Waals surface area contributed by atoms with Crippen LogP contribution in [0.25, 0.3) is 11.2 Å². The van der Waals surface area contributed by atoms with Gasteiger partial charge in [-0.1, -0.05) is 0 Å². The van der Waals surface area contributed by atoms with Crippen LogP contribution < -0.4 is 10.2 Å². The molecular weight excluding hydrogens is 242 g/mol. The number of nitrogens with zero attached hydrogens (tertiary/aromatic N) is 5. The van der Waals surface area contributed by atoms with Gasteiger partial charge >= 0.3 is 0 Å². The van der Waals surface area contributed by atoms with Crippen molar-refractivity contribution < 1.29 is 0 Å². The predicted molar refractivity (Wildman–Crippen MR) is 74.3 cm³/mol. The number of rotatable bonds is 4. The first-order valence-corrected chi connectivity index (χ1v) is 6.63. The van der Waals surface area contributed by atoms with Crippen LogP contribution in [0.1, 0.15) is 0 Å². The fourth-order valence-electron chi connectivity index (χ4n) is 2.37. The molecule has 3 heterocycles. The maximum Gasteiger partial charge on any atom is 0.182 e. The molecule has 2 N–H and O–H groups in total. The van der Waals surface area contributed by atoms with Crippen molar-refractivity contribution in [3.05, 3.63) is 12.7 Å². The maximum atomic E-state index is 4.36. The summed E-state index contributed by atoms with van der Waals surface area (Å²) in [5.41, 5.74) is 1.63. The summed E-state index contributed by atoms with van der Waals surface area (Å²) in [6.07, 6.45) is 3.23. The van der Waals surface area contributed by atoms with E-state index >= 15 is 0 Å². The Balaban J connectivity index is 1.66. The Bertz CT molecular complexity index is 532. The zero-order valence-corrected chi connectivity index (χ0v) is 11.1. The number of anilines is 1. The molecule has 102 valence electrons. The lowest BCUT2D eigenvalue weighted by Crippen LogP contribution is -2.46. The third kappa shape index (κ3) is 2.66. The first-order chi connectivity index (χ1) is 9.34. The summed E-state index contributed by atoms with van der Waals surface area (Å²) in [5.74, 6) is 0.914. The molecule has 7 nitrogen and oxygen atoms in total. The van der Waals surface area contributed by atoms with Crippen LogP contribution in [0.4, 0.5) is 5.82 Å². The molecule has 2 aromatic heterocycles. The van der Waals surface area contributed by atoms with E-state index in [9.17, 15) is 0 Å². The van der Waals surface area contributed by atoms with Crippen molar-refractivity contribution in [1.29, 1.82) is 0 Å². The lowest BCUT2D eigenvalue weighted by molar-refractivity contribution is 0.246. The van der Waals surface area contributed by atoms with Crippen LogP contribution >= 0.6 is 0 Å². The molecule has 0 spiro atoms. The van der Waals surface area contributed by atoms with Crippen LogP contribution in [0.15, 0.2) is 12.7 Å². The molecule has 1 aliphatic rings. The molecule has 0 amide bonds. The van der Waals surface area contributed by atoms with E-state index in [2.05, 4.69) is 42.1 Å². The highest BCUT2D eigenvalue weighted by atomic mass is 15.2. The summed E-state index contributed by atoms with van der Waals surface area (Å²) < 4.78 is 0. The minimum atomic E-state index is 0.721. The number of H-pyrrole nitrogens is 1. The van der Waals surface area contributed by atoms with Gasteiger partial charge in [0, 0.05) is 46.3 Å². The molecule has 2 aromatic rings. The molecule has 0 unspecified atom stereocenters. The van der Waals surface area contributed by atoms with Gasteiger partial charge in [0.25, 0.3) is 0 Å². The van der Waals surface area contributed by atoms with Gasteiger partial charge in [0.05, 0.1) is 6.33 Å². The highest BCUT2D eigenvalue weighted by Crippen LogP contribution is 2.17. The van der Waals surface area contributed by atoms with E-state index in [0.717, 1.165) is 56.3 Å². The standard InChI is InChI=1S/C12H19N7/c1-18(6-7-19-4-2-13-3-5-19)12-10-11(15-8-14-10)16-9-17-12/h8-9,13H,2-7H2,1H3,(H,14,15,16,17). The number of hydrogen-bond donors (Lipinski definition) is 2. The highest BCUT2D eigenvalue weighted by molar-refractivity contribution is 5.82. The van der Waals surface area contributed by atoms with Crippen LogP contribution in [0, 0.1) is 0 Å². The average molecular weight is 261 g/mol. The molecule has 0 bridgehead atoms. The van der Waals surface area contributed by atoms with E-state index in [0.29, 0.717) is 0 Å². The molecule has 19 heavy (non-hydrogen) atoms. The second kappa shape index (κ2) is 5.50. The van der Waals surface area contributed by atoms with Crippen molar-refractivity contribution in [2.24, 2.45) is 0 Å². The molecule has 1 saturated heterocycles. The number of likely N-dealkylation sites (N-methyl/N-ethyl adjacent to an activating group) is 1. The van der Waals surface area contributed by atoms with Gasteiger partial charge in [-0.05, 0) is 0 Å². The van der Waals surface area contributed by atoms with Crippen LogP contribution in [-0.2, 0) is 0 Å². The summed E-state index contributed by atoms with van der Waals surface area (Å²) in [6, 6.07) is 0. The van der Waals surface area contributed by atoms with Crippen LogP contribution in [0.2, 0.25) is 0 Å². The monoisotopic (exact) mass is 261 g/mol. The van der Waals surface area contributed by atoms with Gasteiger partial charge in [0.1, 0.15) is 11.8 Å². The normalized spacial score (nSPS) is 16.9. The number of fused-ring (bicyclic) bond motifs is 1. The number of aromatic amines is 1. The Hall–Kier alpha value is -1.73. The van der Waals surface area contributed by atoms with E-state index in [-0.39, 0.29) is 0 Å². The third-order valence-corrected chi connectivity index (χ3v) is 3.53. The maximum absolute atomic E-state index is 4.36. The Morgan fingerprint density at radius 3 is 2.95 bits per heavy atom. The summed E-state index contributed by atoms with van der Waals surface area (Å²) >= 11 is 0. The smallest absolute Gasteiger partial charge is 0.182 e. The van der Waals surface area contributed by atoms with Gasteiger partial charge < -0.3 is 15.2 Å². The molecule has 0 atom stereocenters. The van der Waals surface area contributed by atoms with Gasteiger partial charge in [-0.3, -0.25) is 4.90 Å². The van der Waals surface area contributed by atoms with Crippen molar-refractivity contribution in [1.82, 2.24) is 30.2 Å². The minimum Gasteiger partial charge on any atom is -0.357 e. The minimum absolute atomic E-state index is 0.721. The molecule has 0 aliphatic carbocycles. The zero-order chi connectivity index (χ0) is 13.1. The molecule has 0 radical (unpaired) electrons. The number of aromatic nitrogens is 4. The Kier molecular flexibility index (Phi) is 3.56. The van der Waals surface area contributed by atoms with E-state index in [1.807, 2.05) is 0 Å². The van der Waals surface area contributed by atoms with Crippen molar-refractivity contribution in [2.45, 2.75) is 0 Å². The number of hydrogen-bond acceptors (Lipinski definition) is 6. The lowest BCUT2D eigenvalue weighted by atomic mass is 10.3. The van der Waals surface area contributed by atoms with E-state index in [1.165, 1.54) is 0 Å². The topological polar surface area (TPSA) is 73.0 Å². The number of imidazole rings is 1. The lowest BCUT2D eigenvalue weighted by Gasteiger charge is -2.29. The molecule has 1 fully saturated rings. The fourth-order valence-corrected chi connectivity index (χ4v) is 2.37. The summed E-state index contributed by atoms with van der Waals surface area (Å²) in [4.78, 5) is 20.4. The van der Waals surface area contributed by atoms with Crippen LogP contribution in [0.5, 0.6) is 0 Å². The third-order valence-electron chi connectivity index (χ3n) is 3.53. The van der Waals surface area contributed by atoms with Crippen molar-refractivity contribution in [3.8, 4) is 0 Å². The molecule has 0 aromatic carbocycles. The van der Waals surface area contributed by atoms with Crippen LogP contribution in [0.3, 0.4) is 0 Å². The van der Waals surface area contributed by atoms with Gasteiger partial charge in [0.15, 0.2) is 11.5 Å². The largest absolute Gasteiger partial charge is 0.357 e. The number of nitrogens with one attached hydrogen (secondary N) is 2. The van der Waals surface area contributed by atoms with Crippen molar-refractivity contribution in [3.63, 3.8) is 0 Å². The average Bonchev–Trinajstić information content (AvgIpc) is 2.94. The molecule has 0 saturated carbocycles. The highest BCUT2D eigenvalue weighted by Gasteiger charge is 2.13. The summed E-state index contributed by atoms with van der Waals surface area (Å²) in [7, 11) is 2.06. The van der Waals surface area contributed by atoms with Gasteiger partial charge in [-0.2, -0.15) is 0 Å². The summed E-state index contributed by atoms with van der Waals surface area (Å²) in [5, 5.41) is 3.37. The molecule has 3 rings (SSSR count). The Morgan fingerprint density at radius 1 is 1.26 bits per heavy atom. The summed E-state index contributed by atoms with van der Waals surface area (Å²) in [6.45, 7) is 6.42. The quantitative estimate of drug-likeness (QED) is 0.787.